The Bertz CT molecular complexity index is 659. The van der Waals surface area contributed by atoms with Crippen LogP contribution in [0, 0.1) is 0 Å². The number of thiazole rings is 1. The number of hydrogen-bond donors (Lipinski definition) is 1. The van der Waals surface area contributed by atoms with Gasteiger partial charge in [0.15, 0.2) is 0 Å². The smallest absolute Gasteiger partial charge is 0.124 e. The fourth-order valence-corrected chi connectivity index (χ4v) is 2.68. The zero-order valence-corrected chi connectivity index (χ0v) is 11.3. The molecule has 0 fully saturated rings. The lowest BCUT2D eigenvalue weighted by Gasteiger charge is -2.00. The highest BCUT2D eigenvalue weighted by atomic mass is 32.1. The number of anilines is 1. The number of pyridine rings is 1. The van der Waals surface area contributed by atoms with Gasteiger partial charge in [-0.3, -0.25) is 4.98 Å². The molecule has 0 saturated carbocycles. The molecule has 2 heterocycles. The first kappa shape index (κ1) is 11.9. The molecule has 0 unspecified atom stereocenters. The van der Waals surface area contributed by atoms with E-state index in [1.807, 2.05) is 19.2 Å². The van der Waals surface area contributed by atoms with Crippen LogP contribution in [0.15, 0.2) is 54.2 Å². The number of rotatable bonds is 3. The van der Waals surface area contributed by atoms with Crippen molar-refractivity contribution >= 4 is 17.0 Å². The third kappa shape index (κ3) is 2.48. The molecule has 3 nitrogen and oxygen atoms in total. The van der Waals surface area contributed by atoms with Crippen molar-refractivity contribution < 1.29 is 0 Å². The Morgan fingerprint density at radius 1 is 0.947 bits per heavy atom. The summed E-state index contributed by atoms with van der Waals surface area (Å²) in [5.74, 6) is 0. The molecule has 19 heavy (non-hydrogen) atoms. The Morgan fingerprint density at radius 3 is 2.37 bits per heavy atom. The van der Waals surface area contributed by atoms with Gasteiger partial charge in [0.05, 0.1) is 5.69 Å². The number of nitrogens with zero attached hydrogens (tertiary/aromatic N) is 2. The average molecular weight is 267 g/mol. The molecular weight excluding hydrogens is 254 g/mol. The Hall–Kier alpha value is -2.20. The molecule has 1 N–H and O–H groups in total. The monoisotopic (exact) mass is 267 g/mol. The maximum Gasteiger partial charge on any atom is 0.124 e. The third-order valence-corrected chi connectivity index (χ3v) is 3.79. The van der Waals surface area contributed by atoms with E-state index in [1.54, 1.807) is 23.7 Å². The Kier molecular flexibility index (Phi) is 3.25. The van der Waals surface area contributed by atoms with Crippen LogP contribution in [0.5, 0.6) is 0 Å². The molecule has 0 aliphatic rings. The van der Waals surface area contributed by atoms with Crippen LogP contribution in [0.4, 0.5) is 5.69 Å². The Balaban J connectivity index is 1.92. The number of benzene rings is 1. The fraction of sp³-hybridized carbons (Fsp3) is 0.0667. The summed E-state index contributed by atoms with van der Waals surface area (Å²) in [6.45, 7) is 0. The highest BCUT2D eigenvalue weighted by Crippen LogP contribution is 2.28. The van der Waals surface area contributed by atoms with Gasteiger partial charge in [-0.2, -0.15) is 0 Å². The molecule has 4 heteroatoms. The predicted molar refractivity (Wildman–Crippen MR) is 80.3 cm³/mol. The van der Waals surface area contributed by atoms with E-state index >= 15 is 0 Å². The number of aromatic nitrogens is 2. The van der Waals surface area contributed by atoms with Crippen LogP contribution in [0.1, 0.15) is 0 Å². The van der Waals surface area contributed by atoms with Gasteiger partial charge in [0.25, 0.3) is 0 Å². The van der Waals surface area contributed by atoms with Gasteiger partial charge >= 0.3 is 0 Å². The summed E-state index contributed by atoms with van der Waals surface area (Å²) in [6.07, 6.45) is 3.58. The first-order valence-electron chi connectivity index (χ1n) is 6.01. The van der Waals surface area contributed by atoms with Gasteiger partial charge in [-0.1, -0.05) is 12.1 Å². The van der Waals surface area contributed by atoms with Crippen LogP contribution >= 0.6 is 11.3 Å². The molecular formula is C15H13N3S. The van der Waals surface area contributed by atoms with Crippen LogP contribution < -0.4 is 5.32 Å². The van der Waals surface area contributed by atoms with Gasteiger partial charge in [-0.25, -0.2) is 4.98 Å². The Labute approximate surface area is 116 Å². The first-order chi connectivity index (χ1) is 9.36. The van der Waals surface area contributed by atoms with E-state index in [2.05, 4.69) is 44.9 Å². The number of hydrogen-bond acceptors (Lipinski definition) is 4. The Morgan fingerprint density at radius 2 is 1.68 bits per heavy atom. The van der Waals surface area contributed by atoms with Gasteiger partial charge in [0.2, 0.25) is 0 Å². The summed E-state index contributed by atoms with van der Waals surface area (Å²) in [5, 5.41) is 6.22. The zero-order chi connectivity index (χ0) is 13.1. The summed E-state index contributed by atoms with van der Waals surface area (Å²) < 4.78 is 0. The highest BCUT2D eigenvalue weighted by Gasteiger charge is 2.06. The molecule has 0 bridgehead atoms. The van der Waals surface area contributed by atoms with E-state index in [9.17, 15) is 0 Å². The average Bonchev–Trinajstić information content (AvgIpc) is 2.98. The maximum absolute atomic E-state index is 4.68. The lowest BCUT2D eigenvalue weighted by atomic mass is 10.1. The summed E-state index contributed by atoms with van der Waals surface area (Å²) in [7, 11) is 1.92. The van der Waals surface area contributed by atoms with Crippen LogP contribution in [0.3, 0.4) is 0 Å². The molecule has 94 valence electrons. The molecule has 0 atom stereocenters. The highest BCUT2D eigenvalue weighted by molar-refractivity contribution is 7.13. The van der Waals surface area contributed by atoms with Gasteiger partial charge in [0.1, 0.15) is 5.01 Å². The van der Waals surface area contributed by atoms with E-state index < -0.39 is 0 Å². The van der Waals surface area contributed by atoms with E-state index in [4.69, 9.17) is 0 Å². The lowest BCUT2D eigenvalue weighted by molar-refractivity contribution is 1.32. The van der Waals surface area contributed by atoms with Crippen LogP contribution in [-0.4, -0.2) is 17.0 Å². The molecule has 0 spiro atoms. The minimum atomic E-state index is 1.01. The minimum Gasteiger partial charge on any atom is -0.388 e. The van der Waals surface area contributed by atoms with Crippen molar-refractivity contribution in [2.24, 2.45) is 0 Å². The summed E-state index contributed by atoms with van der Waals surface area (Å²) in [5.41, 5.74) is 4.36. The number of nitrogens with one attached hydrogen (secondary N) is 1. The topological polar surface area (TPSA) is 37.8 Å². The first-order valence-corrected chi connectivity index (χ1v) is 6.89. The van der Waals surface area contributed by atoms with E-state index in [1.165, 1.54) is 0 Å². The third-order valence-electron chi connectivity index (χ3n) is 2.90. The molecule has 0 radical (unpaired) electrons. The van der Waals surface area contributed by atoms with Crippen LogP contribution in [0.25, 0.3) is 21.8 Å². The standard InChI is InChI=1S/C15H13N3S/c1-16-13-4-2-11(3-5-13)14-10-19-15(18-14)12-6-8-17-9-7-12/h2-10,16H,1H3. The summed E-state index contributed by atoms with van der Waals surface area (Å²) in [6, 6.07) is 12.2. The van der Waals surface area contributed by atoms with Crippen molar-refractivity contribution in [2.75, 3.05) is 12.4 Å². The van der Waals surface area contributed by atoms with Crippen LogP contribution in [0.2, 0.25) is 0 Å². The molecule has 0 aliphatic heterocycles. The lowest BCUT2D eigenvalue weighted by Crippen LogP contribution is -1.87. The molecule has 0 aliphatic carbocycles. The van der Waals surface area contributed by atoms with Crippen molar-refractivity contribution in [1.29, 1.82) is 0 Å². The minimum absolute atomic E-state index is 1.01. The molecule has 0 amide bonds. The summed E-state index contributed by atoms with van der Waals surface area (Å²) >= 11 is 1.65. The van der Waals surface area contributed by atoms with Gasteiger partial charge in [0, 0.05) is 41.6 Å². The second kappa shape index (κ2) is 5.20. The van der Waals surface area contributed by atoms with Crippen molar-refractivity contribution in [2.45, 2.75) is 0 Å². The van der Waals surface area contributed by atoms with Gasteiger partial charge in [-0.05, 0) is 24.3 Å². The zero-order valence-electron chi connectivity index (χ0n) is 10.5. The second-order valence-electron chi connectivity index (χ2n) is 4.10. The second-order valence-corrected chi connectivity index (χ2v) is 4.96. The fourth-order valence-electron chi connectivity index (χ4n) is 1.84. The van der Waals surface area contributed by atoms with Gasteiger partial charge < -0.3 is 5.32 Å². The van der Waals surface area contributed by atoms with Crippen molar-refractivity contribution in [3.63, 3.8) is 0 Å². The van der Waals surface area contributed by atoms with Crippen molar-refractivity contribution in [3.8, 4) is 21.8 Å². The molecule has 1 aromatic carbocycles. The summed E-state index contributed by atoms with van der Waals surface area (Å²) in [4.78, 5) is 8.70. The molecule has 0 saturated heterocycles. The van der Waals surface area contributed by atoms with E-state index in [-0.39, 0.29) is 0 Å². The van der Waals surface area contributed by atoms with Crippen molar-refractivity contribution in [1.82, 2.24) is 9.97 Å². The van der Waals surface area contributed by atoms with Crippen LogP contribution in [-0.2, 0) is 0 Å². The maximum atomic E-state index is 4.68. The van der Waals surface area contributed by atoms with E-state index in [0.717, 1.165) is 27.5 Å². The normalized spacial score (nSPS) is 10.4. The van der Waals surface area contributed by atoms with Gasteiger partial charge in [-0.15, -0.1) is 11.3 Å². The van der Waals surface area contributed by atoms with E-state index in [0.29, 0.717) is 0 Å². The molecule has 3 aromatic rings. The SMILES string of the molecule is CNc1ccc(-c2csc(-c3ccncc3)n2)cc1. The van der Waals surface area contributed by atoms with Crippen molar-refractivity contribution in [3.05, 3.63) is 54.2 Å². The quantitative estimate of drug-likeness (QED) is 0.781. The predicted octanol–water partition coefficient (Wildman–Crippen LogP) is 3.91. The largest absolute Gasteiger partial charge is 0.388 e. The molecule has 2 aromatic heterocycles. The molecule has 3 rings (SSSR count).